The van der Waals surface area contributed by atoms with Crippen LogP contribution in [0.15, 0.2) is 24.3 Å². The average molecular weight is 267 g/mol. The summed E-state index contributed by atoms with van der Waals surface area (Å²) in [5, 5.41) is 11.7. The number of amides is 1. The maximum Gasteiger partial charge on any atom is 0.257 e. The SMILES string of the molecule is CCOc1ccc(OCC(=O)NCCC(C)O)cc1. The van der Waals surface area contributed by atoms with Crippen molar-refractivity contribution in [2.24, 2.45) is 0 Å². The van der Waals surface area contributed by atoms with Crippen LogP contribution in [0.2, 0.25) is 0 Å². The summed E-state index contributed by atoms with van der Waals surface area (Å²) in [6, 6.07) is 7.11. The molecule has 0 bridgehead atoms. The summed E-state index contributed by atoms with van der Waals surface area (Å²) in [6.07, 6.45) is 0.127. The fraction of sp³-hybridized carbons (Fsp3) is 0.500. The molecule has 0 aliphatic carbocycles. The summed E-state index contributed by atoms with van der Waals surface area (Å²) in [6.45, 7) is 4.63. The van der Waals surface area contributed by atoms with E-state index in [0.29, 0.717) is 25.3 Å². The van der Waals surface area contributed by atoms with Crippen molar-refractivity contribution in [3.63, 3.8) is 0 Å². The van der Waals surface area contributed by atoms with Gasteiger partial charge in [-0.15, -0.1) is 0 Å². The third-order valence-corrected chi connectivity index (χ3v) is 2.39. The molecule has 1 atom stereocenters. The first-order chi connectivity index (χ1) is 9.11. The molecule has 0 saturated heterocycles. The van der Waals surface area contributed by atoms with Crippen molar-refractivity contribution in [3.8, 4) is 11.5 Å². The van der Waals surface area contributed by atoms with Crippen LogP contribution in [-0.4, -0.2) is 36.9 Å². The molecule has 0 fully saturated rings. The van der Waals surface area contributed by atoms with Gasteiger partial charge in [0.2, 0.25) is 0 Å². The maximum absolute atomic E-state index is 11.4. The summed E-state index contributed by atoms with van der Waals surface area (Å²) in [5.74, 6) is 1.19. The van der Waals surface area contributed by atoms with Crippen LogP contribution >= 0.6 is 0 Å². The van der Waals surface area contributed by atoms with E-state index in [0.717, 1.165) is 5.75 Å². The number of hydrogen-bond acceptors (Lipinski definition) is 4. The number of carbonyl (C=O) groups excluding carboxylic acids is 1. The van der Waals surface area contributed by atoms with Gasteiger partial charge in [-0.2, -0.15) is 0 Å². The van der Waals surface area contributed by atoms with Crippen LogP contribution in [0.5, 0.6) is 11.5 Å². The summed E-state index contributed by atoms with van der Waals surface area (Å²) in [7, 11) is 0. The molecule has 1 aromatic rings. The molecule has 0 aliphatic rings. The van der Waals surface area contributed by atoms with Crippen molar-refractivity contribution < 1.29 is 19.4 Å². The molecule has 5 heteroatoms. The molecule has 2 N–H and O–H groups in total. The summed E-state index contributed by atoms with van der Waals surface area (Å²) >= 11 is 0. The van der Waals surface area contributed by atoms with Gasteiger partial charge < -0.3 is 19.9 Å². The molecule has 5 nitrogen and oxygen atoms in total. The Morgan fingerprint density at radius 3 is 2.37 bits per heavy atom. The van der Waals surface area contributed by atoms with E-state index in [1.54, 1.807) is 31.2 Å². The largest absolute Gasteiger partial charge is 0.494 e. The predicted octanol–water partition coefficient (Wildman–Crippen LogP) is 1.35. The Bertz CT molecular complexity index is 376. The molecule has 1 amide bonds. The zero-order valence-corrected chi connectivity index (χ0v) is 11.4. The fourth-order valence-electron chi connectivity index (χ4n) is 1.42. The van der Waals surface area contributed by atoms with Crippen molar-refractivity contribution in [1.82, 2.24) is 5.32 Å². The van der Waals surface area contributed by atoms with Crippen molar-refractivity contribution in [1.29, 1.82) is 0 Å². The van der Waals surface area contributed by atoms with Crippen molar-refractivity contribution in [2.75, 3.05) is 19.8 Å². The minimum Gasteiger partial charge on any atom is -0.494 e. The van der Waals surface area contributed by atoms with E-state index in [4.69, 9.17) is 14.6 Å². The molecule has 1 aromatic carbocycles. The third kappa shape index (κ3) is 6.67. The number of hydrogen-bond donors (Lipinski definition) is 2. The van der Waals surface area contributed by atoms with Crippen LogP contribution in [0.4, 0.5) is 0 Å². The van der Waals surface area contributed by atoms with Gasteiger partial charge in [0, 0.05) is 6.54 Å². The smallest absolute Gasteiger partial charge is 0.257 e. The van der Waals surface area contributed by atoms with E-state index in [-0.39, 0.29) is 12.5 Å². The Morgan fingerprint density at radius 1 is 1.26 bits per heavy atom. The highest BCUT2D eigenvalue weighted by Crippen LogP contribution is 2.17. The second-order valence-corrected chi connectivity index (χ2v) is 4.18. The van der Waals surface area contributed by atoms with E-state index < -0.39 is 6.10 Å². The van der Waals surface area contributed by atoms with Gasteiger partial charge >= 0.3 is 0 Å². The van der Waals surface area contributed by atoms with Crippen LogP contribution in [-0.2, 0) is 4.79 Å². The van der Waals surface area contributed by atoms with Gasteiger partial charge in [-0.25, -0.2) is 0 Å². The van der Waals surface area contributed by atoms with Gasteiger partial charge in [-0.05, 0) is 44.5 Å². The van der Waals surface area contributed by atoms with Crippen LogP contribution in [0, 0.1) is 0 Å². The lowest BCUT2D eigenvalue weighted by atomic mass is 10.3. The molecule has 0 spiro atoms. The number of carbonyl (C=O) groups is 1. The molecule has 1 unspecified atom stereocenters. The lowest BCUT2D eigenvalue weighted by Crippen LogP contribution is -2.31. The Kier molecular flexibility index (Phi) is 6.74. The first-order valence-corrected chi connectivity index (χ1v) is 6.42. The minimum absolute atomic E-state index is 0.0339. The van der Waals surface area contributed by atoms with Crippen molar-refractivity contribution in [2.45, 2.75) is 26.4 Å². The second-order valence-electron chi connectivity index (χ2n) is 4.18. The van der Waals surface area contributed by atoms with Gasteiger partial charge in [-0.1, -0.05) is 0 Å². The van der Waals surface area contributed by atoms with Gasteiger partial charge in [-0.3, -0.25) is 4.79 Å². The Morgan fingerprint density at radius 2 is 1.84 bits per heavy atom. The molecule has 19 heavy (non-hydrogen) atoms. The van der Waals surface area contributed by atoms with E-state index in [9.17, 15) is 4.79 Å². The first kappa shape index (κ1) is 15.3. The Labute approximate surface area is 113 Å². The average Bonchev–Trinajstić information content (AvgIpc) is 2.38. The summed E-state index contributed by atoms with van der Waals surface area (Å²) in [4.78, 5) is 11.4. The van der Waals surface area contributed by atoms with Gasteiger partial charge in [0.1, 0.15) is 11.5 Å². The zero-order valence-electron chi connectivity index (χ0n) is 11.4. The summed E-state index contributed by atoms with van der Waals surface area (Å²) in [5.41, 5.74) is 0. The number of aliphatic hydroxyl groups is 1. The third-order valence-electron chi connectivity index (χ3n) is 2.39. The normalized spacial score (nSPS) is 11.7. The topological polar surface area (TPSA) is 67.8 Å². The van der Waals surface area contributed by atoms with Crippen LogP contribution in [0.25, 0.3) is 0 Å². The van der Waals surface area contributed by atoms with E-state index in [2.05, 4.69) is 5.32 Å². The lowest BCUT2D eigenvalue weighted by molar-refractivity contribution is -0.123. The predicted molar refractivity (Wildman–Crippen MR) is 72.4 cm³/mol. The summed E-state index contributed by atoms with van der Waals surface area (Å²) < 4.78 is 10.6. The van der Waals surface area contributed by atoms with Gasteiger partial charge in [0.25, 0.3) is 5.91 Å². The molecule has 1 rings (SSSR count). The number of benzene rings is 1. The Balaban J connectivity index is 2.25. The molecule has 0 saturated carbocycles. The minimum atomic E-state index is -0.410. The van der Waals surface area contributed by atoms with Crippen LogP contribution in [0.3, 0.4) is 0 Å². The van der Waals surface area contributed by atoms with Crippen molar-refractivity contribution in [3.05, 3.63) is 24.3 Å². The van der Waals surface area contributed by atoms with Crippen molar-refractivity contribution >= 4 is 5.91 Å². The standard InChI is InChI=1S/C14H21NO4/c1-3-18-12-4-6-13(7-5-12)19-10-14(17)15-9-8-11(2)16/h4-7,11,16H,3,8-10H2,1-2H3,(H,15,17). The lowest BCUT2D eigenvalue weighted by Gasteiger charge is -2.09. The number of rotatable bonds is 8. The fourth-order valence-corrected chi connectivity index (χ4v) is 1.42. The van der Waals surface area contributed by atoms with E-state index in [1.807, 2.05) is 6.92 Å². The highest BCUT2D eigenvalue weighted by Gasteiger charge is 2.03. The maximum atomic E-state index is 11.4. The molecule has 0 heterocycles. The number of nitrogens with one attached hydrogen (secondary N) is 1. The molecule has 106 valence electrons. The molecule has 0 aromatic heterocycles. The van der Waals surface area contributed by atoms with E-state index in [1.165, 1.54) is 0 Å². The zero-order chi connectivity index (χ0) is 14.1. The molecule has 0 radical (unpaired) electrons. The number of aliphatic hydroxyl groups excluding tert-OH is 1. The highest BCUT2D eigenvalue weighted by molar-refractivity contribution is 5.77. The van der Waals surface area contributed by atoms with E-state index >= 15 is 0 Å². The molecular formula is C14H21NO4. The second kappa shape index (κ2) is 8.37. The highest BCUT2D eigenvalue weighted by atomic mass is 16.5. The van der Waals surface area contributed by atoms with Crippen LogP contribution < -0.4 is 14.8 Å². The molecule has 0 aliphatic heterocycles. The van der Waals surface area contributed by atoms with Crippen LogP contribution in [0.1, 0.15) is 20.3 Å². The first-order valence-electron chi connectivity index (χ1n) is 6.42. The Hall–Kier alpha value is -1.75. The van der Waals surface area contributed by atoms with Gasteiger partial charge in [0.15, 0.2) is 6.61 Å². The number of ether oxygens (including phenoxy) is 2. The molecular weight excluding hydrogens is 246 g/mol. The quantitative estimate of drug-likeness (QED) is 0.746. The monoisotopic (exact) mass is 267 g/mol. The van der Waals surface area contributed by atoms with Gasteiger partial charge in [0.05, 0.1) is 12.7 Å².